The van der Waals surface area contributed by atoms with Crippen LogP contribution in [-0.2, 0) is 11.3 Å². The number of carbonyl (C=O) groups is 2. The lowest BCUT2D eigenvalue weighted by molar-refractivity contribution is -0.133. The number of nitrogen functional groups attached to an aromatic ring is 1. The highest BCUT2D eigenvalue weighted by Gasteiger charge is 2.23. The van der Waals surface area contributed by atoms with Crippen molar-refractivity contribution in [3.05, 3.63) is 95.1 Å². The largest absolute Gasteiger partial charge is 0.490 e. The van der Waals surface area contributed by atoms with Gasteiger partial charge in [0.25, 0.3) is 5.91 Å². The predicted molar refractivity (Wildman–Crippen MR) is 146 cm³/mol. The lowest BCUT2D eigenvalue weighted by Crippen LogP contribution is -2.41. The Kier molecular flexibility index (Phi) is 8.80. The summed E-state index contributed by atoms with van der Waals surface area (Å²) in [5.74, 6) is 0.830. The van der Waals surface area contributed by atoms with Crippen LogP contribution < -0.4 is 21.5 Å². The van der Waals surface area contributed by atoms with Crippen molar-refractivity contribution in [3.8, 4) is 5.75 Å². The monoisotopic (exact) mass is 500 g/mol. The molecule has 3 aromatic carbocycles. The van der Waals surface area contributed by atoms with Gasteiger partial charge in [-0.1, -0.05) is 49.4 Å². The van der Waals surface area contributed by atoms with E-state index in [0.29, 0.717) is 29.8 Å². The third kappa shape index (κ3) is 6.89. The zero-order valence-electron chi connectivity index (χ0n) is 21.4. The SMILES string of the molecule is CCCC(=O)N1CCC(Oc2ccc(C(N)c3cc(C(=O)NCc4ccccc4)ccc3N)cc2)CC1. The number of rotatable bonds is 9. The molecular formula is C30H36N4O3. The average molecular weight is 501 g/mol. The van der Waals surface area contributed by atoms with Crippen molar-refractivity contribution >= 4 is 17.5 Å². The molecule has 194 valence electrons. The van der Waals surface area contributed by atoms with E-state index in [1.54, 1.807) is 18.2 Å². The van der Waals surface area contributed by atoms with E-state index >= 15 is 0 Å². The number of piperidine rings is 1. The third-order valence-corrected chi connectivity index (χ3v) is 6.78. The van der Waals surface area contributed by atoms with E-state index in [4.69, 9.17) is 16.2 Å². The van der Waals surface area contributed by atoms with Gasteiger partial charge in [0, 0.05) is 50.1 Å². The van der Waals surface area contributed by atoms with Crippen LogP contribution in [0, 0.1) is 0 Å². The van der Waals surface area contributed by atoms with Gasteiger partial charge in [-0.3, -0.25) is 9.59 Å². The molecule has 5 N–H and O–H groups in total. The number of likely N-dealkylation sites (tertiary alicyclic amines) is 1. The van der Waals surface area contributed by atoms with Crippen LogP contribution in [0.2, 0.25) is 0 Å². The van der Waals surface area contributed by atoms with E-state index in [2.05, 4.69) is 5.32 Å². The van der Waals surface area contributed by atoms with E-state index in [9.17, 15) is 9.59 Å². The fraction of sp³-hybridized carbons (Fsp3) is 0.333. The highest BCUT2D eigenvalue weighted by atomic mass is 16.5. The minimum absolute atomic E-state index is 0.0897. The number of amides is 2. The van der Waals surface area contributed by atoms with Gasteiger partial charge in [-0.25, -0.2) is 0 Å². The molecule has 3 aromatic rings. The molecule has 1 heterocycles. The van der Waals surface area contributed by atoms with E-state index < -0.39 is 6.04 Å². The summed E-state index contributed by atoms with van der Waals surface area (Å²) in [7, 11) is 0. The van der Waals surface area contributed by atoms with Gasteiger partial charge in [0.1, 0.15) is 11.9 Å². The Labute approximate surface area is 218 Å². The number of hydrogen-bond donors (Lipinski definition) is 3. The van der Waals surface area contributed by atoms with Gasteiger partial charge >= 0.3 is 0 Å². The Balaban J connectivity index is 1.35. The summed E-state index contributed by atoms with van der Waals surface area (Å²) in [6, 6.07) is 22.2. The smallest absolute Gasteiger partial charge is 0.251 e. The summed E-state index contributed by atoms with van der Waals surface area (Å²) in [6.07, 6.45) is 3.23. The first-order valence-corrected chi connectivity index (χ1v) is 13.0. The first-order valence-electron chi connectivity index (χ1n) is 13.0. The van der Waals surface area contributed by atoms with Gasteiger partial charge in [-0.15, -0.1) is 0 Å². The Morgan fingerprint density at radius 2 is 1.73 bits per heavy atom. The van der Waals surface area contributed by atoms with E-state index in [1.807, 2.05) is 66.4 Å². The topological polar surface area (TPSA) is 111 Å². The molecular weight excluding hydrogens is 464 g/mol. The molecule has 0 saturated carbocycles. The van der Waals surface area contributed by atoms with Gasteiger partial charge in [0.05, 0.1) is 6.04 Å². The zero-order valence-corrected chi connectivity index (χ0v) is 21.4. The second-order valence-electron chi connectivity index (χ2n) is 9.51. The van der Waals surface area contributed by atoms with Crippen LogP contribution in [0.4, 0.5) is 5.69 Å². The third-order valence-electron chi connectivity index (χ3n) is 6.78. The maximum absolute atomic E-state index is 12.7. The molecule has 0 spiro atoms. The van der Waals surface area contributed by atoms with Gasteiger partial charge in [0.15, 0.2) is 0 Å². The van der Waals surface area contributed by atoms with Gasteiger partial charge in [-0.2, -0.15) is 0 Å². The standard InChI is InChI=1S/C30H36N4O3/c1-2-6-28(35)34-17-15-25(16-18-34)37-24-12-9-22(10-13-24)29(32)26-19-23(11-14-27(26)31)30(36)33-20-21-7-4-3-5-8-21/h3-5,7-14,19,25,29H,2,6,15-18,20,31-32H2,1H3,(H,33,36). The fourth-order valence-electron chi connectivity index (χ4n) is 4.59. The molecule has 1 saturated heterocycles. The zero-order chi connectivity index (χ0) is 26.2. The highest BCUT2D eigenvalue weighted by Crippen LogP contribution is 2.28. The molecule has 0 aromatic heterocycles. The molecule has 0 radical (unpaired) electrons. The summed E-state index contributed by atoms with van der Waals surface area (Å²) in [6.45, 7) is 3.95. The van der Waals surface area contributed by atoms with Crippen LogP contribution in [0.5, 0.6) is 5.75 Å². The average Bonchev–Trinajstić information content (AvgIpc) is 2.93. The van der Waals surface area contributed by atoms with Crippen LogP contribution in [-0.4, -0.2) is 35.9 Å². The molecule has 4 rings (SSSR count). The van der Waals surface area contributed by atoms with Gasteiger partial charge in [0.2, 0.25) is 5.91 Å². The quantitative estimate of drug-likeness (QED) is 0.377. The van der Waals surface area contributed by atoms with E-state index in [-0.39, 0.29) is 17.9 Å². The van der Waals surface area contributed by atoms with E-state index in [0.717, 1.165) is 49.2 Å². The first kappa shape index (κ1) is 26.2. The maximum Gasteiger partial charge on any atom is 0.251 e. The maximum atomic E-state index is 12.7. The van der Waals surface area contributed by atoms with Crippen LogP contribution in [0.15, 0.2) is 72.8 Å². The van der Waals surface area contributed by atoms with Crippen LogP contribution in [0.3, 0.4) is 0 Å². The molecule has 1 fully saturated rings. The van der Waals surface area contributed by atoms with Crippen molar-refractivity contribution in [3.63, 3.8) is 0 Å². The van der Waals surface area contributed by atoms with Crippen LogP contribution in [0.1, 0.15) is 65.7 Å². The van der Waals surface area contributed by atoms with Crippen molar-refractivity contribution < 1.29 is 14.3 Å². The molecule has 1 aliphatic rings. The Bertz CT molecular complexity index is 1190. The summed E-state index contributed by atoms with van der Waals surface area (Å²) >= 11 is 0. The molecule has 37 heavy (non-hydrogen) atoms. The second kappa shape index (κ2) is 12.4. The molecule has 7 nitrogen and oxygen atoms in total. The second-order valence-corrected chi connectivity index (χ2v) is 9.51. The number of nitrogens with two attached hydrogens (primary N) is 2. The van der Waals surface area contributed by atoms with Crippen molar-refractivity contribution in [1.29, 1.82) is 0 Å². The minimum Gasteiger partial charge on any atom is -0.490 e. The number of benzene rings is 3. The predicted octanol–water partition coefficient (Wildman–Crippen LogP) is 4.42. The van der Waals surface area contributed by atoms with Crippen LogP contribution >= 0.6 is 0 Å². The molecule has 2 amide bonds. The molecule has 0 aliphatic carbocycles. The molecule has 0 bridgehead atoms. The summed E-state index contributed by atoms with van der Waals surface area (Å²) in [4.78, 5) is 26.8. The fourth-order valence-corrected chi connectivity index (χ4v) is 4.59. The van der Waals surface area contributed by atoms with Crippen LogP contribution in [0.25, 0.3) is 0 Å². The van der Waals surface area contributed by atoms with E-state index in [1.165, 1.54) is 0 Å². The number of nitrogens with one attached hydrogen (secondary N) is 1. The summed E-state index contributed by atoms with van der Waals surface area (Å²) < 4.78 is 6.17. The van der Waals surface area contributed by atoms with Crippen molar-refractivity contribution in [2.45, 2.75) is 51.3 Å². The molecule has 1 aliphatic heterocycles. The van der Waals surface area contributed by atoms with Crippen molar-refractivity contribution in [2.24, 2.45) is 5.73 Å². The highest BCUT2D eigenvalue weighted by molar-refractivity contribution is 5.94. The summed E-state index contributed by atoms with van der Waals surface area (Å²) in [5.41, 5.74) is 16.5. The summed E-state index contributed by atoms with van der Waals surface area (Å²) in [5, 5.41) is 2.94. The minimum atomic E-state index is -0.483. The molecule has 1 atom stereocenters. The van der Waals surface area contributed by atoms with Crippen molar-refractivity contribution in [2.75, 3.05) is 18.8 Å². The van der Waals surface area contributed by atoms with Gasteiger partial charge in [-0.05, 0) is 53.4 Å². The first-order chi connectivity index (χ1) is 17.9. The lowest BCUT2D eigenvalue weighted by atomic mass is 9.96. The normalized spacial score (nSPS) is 14.7. The number of anilines is 1. The number of ether oxygens (including phenoxy) is 1. The Morgan fingerprint density at radius 1 is 1.03 bits per heavy atom. The molecule has 1 unspecified atom stereocenters. The number of hydrogen-bond acceptors (Lipinski definition) is 5. The number of carbonyl (C=O) groups excluding carboxylic acids is 2. The number of nitrogens with zero attached hydrogens (tertiary/aromatic N) is 1. The van der Waals surface area contributed by atoms with Gasteiger partial charge < -0.3 is 26.4 Å². The van der Waals surface area contributed by atoms with Crippen molar-refractivity contribution in [1.82, 2.24) is 10.2 Å². The molecule has 7 heteroatoms. The Hall–Kier alpha value is -3.84. The lowest BCUT2D eigenvalue weighted by Gasteiger charge is -2.32. The Morgan fingerprint density at radius 3 is 2.41 bits per heavy atom.